The van der Waals surface area contributed by atoms with Crippen molar-refractivity contribution in [3.63, 3.8) is 0 Å². The zero-order valence-electron chi connectivity index (χ0n) is 17.6. The fourth-order valence-electron chi connectivity index (χ4n) is 3.14. The van der Waals surface area contributed by atoms with Crippen LogP contribution in [0, 0.1) is 5.41 Å². The molecule has 1 saturated carbocycles. The van der Waals surface area contributed by atoms with Crippen LogP contribution in [-0.2, 0) is 16.4 Å². The number of sulfone groups is 1. The van der Waals surface area contributed by atoms with Crippen LogP contribution < -0.4 is 9.57 Å². The van der Waals surface area contributed by atoms with Gasteiger partial charge in [0.1, 0.15) is 16.9 Å². The first kappa shape index (κ1) is 24.0. The highest BCUT2D eigenvalue weighted by Crippen LogP contribution is 2.57. The lowest BCUT2D eigenvalue weighted by Crippen LogP contribution is -2.30. The molecule has 0 aliphatic heterocycles. The van der Waals surface area contributed by atoms with Crippen molar-refractivity contribution in [2.75, 3.05) is 6.61 Å². The first-order chi connectivity index (χ1) is 16.0. The van der Waals surface area contributed by atoms with Crippen molar-refractivity contribution in [1.82, 2.24) is 29.4 Å². The van der Waals surface area contributed by atoms with Gasteiger partial charge in [-0.2, -0.15) is 18.3 Å². The number of aryl methyl sites for hydroxylation is 1. The molecule has 3 aromatic rings. The molecule has 34 heavy (non-hydrogen) atoms. The van der Waals surface area contributed by atoms with Crippen LogP contribution in [0.25, 0.3) is 5.82 Å². The number of alkyl halides is 3. The summed E-state index contributed by atoms with van der Waals surface area (Å²) in [4.78, 5) is 17.9. The highest BCUT2D eigenvalue weighted by molar-refractivity contribution is 7.91. The van der Waals surface area contributed by atoms with Crippen LogP contribution in [-0.4, -0.2) is 51.7 Å². The number of carbonyl (C=O) groups is 1. The molecule has 1 aliphatic carbocycles. The van der Waals surface area contributed by atoms with E-state index in [1.54, 1.807) is 6.92 Å². The van der Waals surface area contributed by atoms with Crippen molar-refractivity contribution >= 4 is 27.5 Å². The van der Waals surface area contributed by atoms with Crippen LogP contribution >= 0.6 is 11.8 Å². The predicted octanol–water partition coefficient (Wildman–Crippen LogP) is 2.92. The maximum atomic E-state index is 13.2. The first-order valence-electron chi connectivity index (χ1n) is 9.96. The Labute approximate surface area is 196 Å². The van der Waals surface area contributed by atoms with Gasteiger partial charge in [-0.1, -0.05) is 0 Å². The van der Waals surface area contributed by atoms with Crippen molar-refractivity contribution < 1.29 is 31.1 Å². The third-order valence-corrected chi connectivity index (χ3v) is 7.25. The molecule has 1 aliphatic rings. The summed E-state index contributed by atoms with van der Waals surface area (Å²) in [5, 5.41) is 7.37. The normalized spacial score (nSPS) is 15.2. The molecular formula is C19H18ClF3N6O4S. The van der Waals surface area contributed by atoms with Gasteiger partial charge in [-0.25, -0.2) is 18.1 Å². The Balaban J connectivity index is 1.66. The minimum atomic E-state index is -4.37. The number of nitrogens with zero attached hydrogens (tertiary/aromatic N) is 5. The van der Waals surface area contributed by atoms with Crippen molar-refractivity contribution in [3.8, 4) is 11.7 Å². The standard InChI is InChI=1S/C19H18ClF3N6O4S/c1-2-28-10-12(9-24-28)34(31,32)17-13(16(30)26-20)3-4-14(25-17)29-8-5-15(27-29)33-11-18(6-7-18)19(21,22)23/h3-5,8-10H,2,6-7,11H2,1H3,(H,26,30). The van der Waals surface area contributed by atoms with Crippen LogP contribution in [0.4, 0.5) is 13.2 Å². The fourth-order valence-corrected chi connectivity index (χ4v) is 4.57. The molecule has 0 bridgehead atoms. The summed E-state index contributed by atoms with van der Waals surface area (Å²) in [6.07, 6.45) is -0.635. The average molecular weight is 519 g/mol. The van der Waals surface area contributed by atoms with E-state index in [0.717, 1.165) is 10.9 Å². The molecule has 1 amide bonds. The third-order valence-electron chi connectivity index (χ3n) is 5.42. The highest BCUT2D eigenvalue weighted by Gasteiger charge is 2.64. The quantitative estimate of drug-likeness (QED) is 0.455. The van der Waals surface area contributed by atoms with Gasteiger partial charge in [0.25, 0.3) is 5.91 Å². The molecule has 4 rings (SSSR count). The number of amides is 1. The maximum absolute atomic E-state index is 13.2. The molecular weight excluding hydrogens is 501 g/mol. The lowest BCUT2D eigenvalue weighted by atomic mass is 10.1. The molecule has 0 atom stereocenters. The third kappa shape index (κ3) is 4.34. The Hall–Kier alpha value is -3.13. The number of pyridine rings is 1. The Morgan fingerprint density at radius 2 is 2.03 bits per heavy atom. The van der Waals surface area contributed by atoms with Gasteiger partial charge in [0.05, 0.1) is 11.8 Å². The van der Waals surface area contributed by atoms with E-state index in [0.29, 0.717) is 6.54 Å². The Kier molecular flexibility index (Phi) is 6.06. The molecule has 0 aromatic carbocycles. The second-order valence-electron chi connectivity index (χ2n) is 7.65. The molecule has 15 heteroatoms. The van der Waals surface area contributed by atoms with Crippen LogP contribution in [0.5, 0.6) is 5.88 Å². The van der Waals surface area contributed by atoms with E-state index in [2.05, 4.69) is 15.2 Å². The average Bonchev–Trinajstić information content (AvgIpc) is 3.22. The summed E-state index contributed by atoms with van der Waals surface area (Å²) in [6.45, 7) is 1.62. The van der Waals surface area contributed by atoms with Gasteiger partial charge >= 0.3 is 6.18 Å². The topological polar surface area (TPSA) is 121 Å². The van der Waals surface area contributed by atoms with Crippen LogP contribution in [0.3, 0.4) is 0 Å². The number of ether oxygens (including phenoxy) is 1. The number of rotatable bonds is 8. The summed E-state index contributed by atoms with van der Waals surface area (Å²) in [5.41, 5.74) is -2.18. The Bertz CT molecular complexity index is 1330. The summed E-state index contributed by atoms with van der Waals surface area (Å²) >= 11 is 5.40. The van der Waals surface area contributed by atoms with E-state index >= 15 is 0 Å². The van der Waals surface area contributed by atoms with Gasteiger partial charge in [-0.15, -0.1) is 5.10 Å². The van der Waals surface area contributed by atoms with E-state index in [4.69, 9.17) is 16.5 Å². The molecule has 10 nitrogen and oxygen atoms in total. The van der Waals surface area contributed by atoms with Crippen molar-refractivity contribution in [3.05, 3.63) is 42.4 Å². The SMILES string of the molecule is CCn1cc(S(=O)(=O)c2nc(-n3ccc(OCC4(C(F)(F)F)CC4)n3)ccc2C(=O)NCl)cn1. The maximum Gasteiger partial charge on any atom is 0.397 e. The molecule has 3 heterocycles. The molecule has 182 valence electrons. The number of carbonyl (C=O) groups excluding carboxylic acids is 1. The molecule has 3 aromatic heterocycles. The molecule has 0 radical (unpaired) electrons. The lowest BCUT2D eigenvalue weighted by molar-refractivity contribution is -0.194. The van der Waals surface area contributed by atoms with Crippen LogP contribution in [0.1, 0.15) is 30.1 Å². The number of halogens is 4. The van der Waals surface area contributed by atoms with Crippen molar-refractivity contribution in [2.45, 2.75) is 42.4 Å². The van der Waals surface area contributed by atoms with E-state index < -0.39 is 39.0 Å². The lowest BCUT2D eigenvalue weighted by Gasteiger charge is -2.18. The molecule has 1 fully saturated rings. The molecule has 0 unspecified atom stereocenters. The van der Waals surface area contributed by atoms with E-state index in [-0.39, 0.29) is 35.0 Å². The van der Waals surface area contributed by atoms with Gasteiger partial charge < -0.3 is 4.74 Å². The summed E-state index contributed by atoms with van der Waals surface area (Å²) < 4.78 is 73.5. The van der Waals surface area contributed by atoms with Gasteiger partial charge in [0.15, 0.2) is 10.8 Å². The summed E-state index contributed by atoms with van der Waals surface area (Å²) in [5.74, 6) is -0.999. The summed E-state index contributed by atoms with van der Waals surface area (Å²) in [7, 11) is -4.29. The Morgan fingerprint density at radius 1 is 1.29 bits per heavy atom. The largest absolute Gasteiger partial charge is 0.476 e. The van der Waals surface area contributed by atoms with E-state index in [1.807, 2.05) is 4.84 Å². The fraction of sp³-hybridized carbons (Fsp3) is 0.368. The minimum Gasteiger partial charge on any atom is -0.476 e. The number of hydrogen-bond acceptors (Lipinski definition) is 7. The monoisotopic (exact) mass is 518 g/mol. The predicted molar refractivity (Wildman–Crippen MR) is 111 cm³/mol. The minimum absolute atomic E-state index is 0.0145. The summed E-state index contributed by atoms with van der Waals surface area (Å²) in [6, 6.07) is 3.83. The second kappa shape index (κ2) is 8.58. The smallest absolute Gasteiger partial charge is 0.397 e. The van der Waals surface area contributed by atoms with Gasteiger partial charge in [0.2, 0.25) is 15.7 Å². The molecule has 0 spiro atoms. The number of aromatic nitrogens is 5. The van der Waals surface area contributed by atoms with E-state index in [1.165, 1.54) is 35.3 Å². The van der Waals surface area contributed by atoms with Crippen molar-refractivity contribution in [1.29, 1.82) is 0 Å². The van der Waals surface area contributed by atoms with Crippen LogP contribution in [0.15, 0.2) is 46.7 Å². The zero-order chi connectivity index (χ0) is 24.7. The van der Waals surface area contributed by atoms with Crippen molar-refractivity contribution in [2.24, 2.45) is 5.41 Å². The van der Waals surface area contributed by atoms with Gasteiger partial charge in [0, 0.05) is 36.8 Å². The first-order valence-corrected chi connectivity index (χ1v) is 11.8. The van der Waals surface area contributed by atoms with Gasteiger partial charge in [-0.3, -0.25) is 14.3 Å². The zero-order valence-corrected chi connectivity index (χ0v) is 19.2. The Morgan fingerprint density at radius 3 is 2.62 bits per heavy atom. The number of nitrogens with one attached hydrogen (secondary N) is 1. The molecule has 1 N–H and O–H groups in total. The second-order valence-corrected chi connectivity index (χ2v) is 9.70. The highest BCUT2D eigenvalue weighted by atomic mass is 35.5. The van der Waals surface area contributed by atoms with Crippen LogP contribution in [0.2, 0.25) is 0 Å². The van der Waals surface area contributed by atoms with Gasteiger partial charge in [-0.05, 0) is 31.9 Å². The number of hydrogen-bond donors (Lipinski definition) is 1. The molecule has 0 saturated heterocycles. The van der Waals surface area contributed by atoms with E-state index in [9.17, 15) is 26.4 Å².